The fourth-order valence-corrected chi connectivity index (χ4v) is 2.29. The number of benzene rings is 1. The van der Waals surface area contributed by atoms with Crippen molar-refractivity contribution < 1.29 is 4.74 Å². The molecule has 3 rings (SSSR count). The van der Waals surface area contributed by atoms with Gasteiger partial charge in [-0.2, -0.15) is 0 Å². The average Bonchev–Trinajstić information content (AvgIpc) is 2.29. The Morgan fingerprint density at radius 1 is 1.25 bits per heavy atom. The van der Waals surface area contributed by atoms with Crippen molar-refractivity contribution in [3.05, 3.63) is 42.1 Å². The monoisotopic (exact) mass is 214 g/mol. The van der Waals surface area contributed by atoms with Crippen molar-refractivity contribution in [2.75, 3.05) is 19.8 Å². The summed E-state index contributed by atoms with van der Waals surface area (Å²) in [6.45, 7) is 2.07. The smallest absolute Gasteiger partial charge is 0.0704 e. The summed E-state index contributed by atoms with van der Waals surface area (Å²) in [6.07, 6.45) is 1.85. The standard InChI is InChI=1S/C13H14N2O/c14-7-13(8-16-9-13)11-5-6-15-12-4-2-1-3-10(11)12/h1-6H,7-9,14H2. The molecule has 0 unspecified atom stereocenters. The zero-order valence-electron chi connectivity index (χ0n) is 9.02. The predicted molar refractivity (Wildman–Crippen MR) is 63.3 cm³/mol. The topological polar surface area (TPSA) is 48.1 Å². The number of ether oxygens (including phenoxy) is 1. The number of rotatable bonds is 2. The Morgan fingerprint density at radius 2 is 2.06 bits per heavy atom. The lowest BCUT2D eigenvalue weighted by molar-refractivity contribution is -0.0543. The molecular weight excluding hydrogens is 200 g/mol. The second kappa shape index (κ2) is 3.54. The third-order valence-corrected chi connectivity index (χ3v) is 3.37. The summed E-state index contributed by atoms with van der Waals surface area (Å²) in [6, 6.07) is 10.2. The molecule has 0 atom stereocenters. The van der Waals surface area contributed by atoms with Gasteiger partial charge in [0.05, 0.1) is 24.1 Å². The number of nitrogens with zero attached hydrogens (tertiary/aromatic N) is 1. The van der Waals surface area contributed by atoms with Gasteiger partial charge in [0.25, 0.3) is 0 Å². The van der Waals surface area contributed by atoms with Crippen molar-refractivity contribution >= 4 is 10.9 Å². The van der Waals surface area contributed by atoms with Gasteiger partial charge in [0.15, 0.2) is 0 Å². The highest BCUT2D eigenvalue weighted by molar-refractivity contribution is 5.83. The first kappa shape index (κ1) is 9.75. The molecule has 2 N–H and O–H groups in total. The second-order valence-corrected chi connectivity index (χ2v) is 4.35. The van der Waals surface area contributed by atoms with Crippen LogP contribution in [0.4, 0.5) is 0 Å². The van der Waals surface area contributed by atoms with Crippen LogP contribution < -0.4 is 5.73 Å². The molecule has 1 fully saturated rings. The molecule has 3 nitrogen and oxygen atoms in total. The van der Waals surface area contributed by atoms with E-state index in [0.717, 1.165) is 18.7 Å². The van der Waals surface area contributed by atoms with Crippen LogP contribution in [-0.2, 0) is 10.2 Å². The van der Waals surface area contributed by atoms with Gasteiger partial charge in [-0.3, -0.25) is 4.98 Å². The maximum atomic E-state index is 5.89. The molecule has 1 aliphatic heterocycles. The molecule has 1 aliphatic rings. The van der Waals surface area contributed by atoms with E-state index in [1.807, 2.05) is 24.4 Å². The Labute approximate surface area is 94.2 Å². The van der Waals surface area contributed by atoms with E-state index in [9.17, 15) is 0 Å². The maximum Gasteiger partial charge on any atom is 0.0704 e. The highest BCUT2D eigenvalue weighted by atomic mass is 16.5. The summed E-state index contributed by atoms with van der Waals surface area (Å²) in [5, 5.41) is 1.19. The molecule has 2 heterocycles. The van der Waals surface area contributed by atoms with Crippen molar-refractivity contribution in [1.29, 1.82) is 0 Å². The first-order valence-electron chi connectivity index (χ1n) is 5.48. The lowest BCUT2D eigenvalue weighted by Gasteiger charge is -2.41. The van der Waals surface area contributed by atoms with E-state index in [1.54, 1.807) is 0 Å². The van der Waals surface area contributed by atoms with Gasteiger partial charge in [-0.05, 0) is 17.7 Å². The predicted octanol–water partition coefficient (Wildman–Crippen LogP) is 1.46. The summed E-state index contributed by atoms with van der Waals surface area (Å²) in [4.78, 5) is 4.37. The average molecular weight is 214 g/mol. The number of para-hydroxylation sites is 1. The largest absolute Gasteiger partial charge is 0.379 e. The molecule has 2 aromatic rings. The molecular formula is C13H14N2O. The van der Waals surface area contributed by atoms with E-state index < -0.39 is 0 Å². The number of hydrogen-bond donors (Lipinski definition) is 1. The van der Waals surface area contributed by atoms with Gasteiger partial charge >= 0.3 is 0 Å². The first-order valence-corrected chi connectivity index (χ1v) is 5.48. The minimum Gasteiger partial charge on any atom is -0.379 e. The summed E-state index contributed by atoms with van der Waals surface area (Å²) in [7, 11) is 0. The van der Waals surface area contributed by atoms with E-state index in [0.29, 0.717) is 6.54 Å². The van der Waals surface area contributed by atoms with Gasteiger partial charge in [0.2, 0.25) is 0 Å². The van der Waals surface area contributed by atoms with E-state index in [4.69, 9.17) is 10.5 Å². The summed E-state index contributed by atoms with van der Waals surface area (Å²) >= 11 is 0. The lowest BCUT2D eigenvalue weighted by Crippen LogP contribution is -2.52. The molecule has 16 heavy (non-hydrogen) atoms. The Kier molecular flexibility index (Phi) is 2.16. The van der Waals surface area contributed by atoms with Gasteiger partial charge < -0.3 is 10.5 Å². The molecule has 0 aliphatic carbocycles. The normalized spacial score (nSPS) is 18.3. The van der Waals surface area contributed by atoms with E-state index in [-0.39, 0.29) is 5.41 Å². The Balaban J connectivity index is 2.23. The van der Waals surface area contributed by atoms with Crippen molar-refractivity contribution in [3.8, 4) is 0 Å². The summed E-state index contributed by atoms with van der Waals surface area (Å²) < 4.78 is 5.33. The van der Waals surface area contributed by atoms with Crippen LogP contribution in [0, 0.1) is 0 Å². The highest BCUT2D eigenvalue weighted by Crippen LogP contribution is 2.35. The minimum absolute atomic E-state index is 0.00252. The molecule has 0 amide bonds. The Bertz CT molecular complexity index is 509. The summed E-state index contributed by atoms with van der Waals surface area (Å²) in [5.41, 5.74) is 8.19. The fourth-order valence-electron chi connectivity index (χ4n) is 2.29. The molecule has 82 valence electrons. The Morgan fingerprint density at radius 3 is 2.75 bits per heavy atom. The molecule has 1 aromatic carbocycles. The first-order chi connectivity index (χ1) is 7.86. The molecule has 3 heteroatoms. The number of hydrogen-bond acceptors (Lipinski definition) is 3. The van der Waals surface area contributed by atoms with Gasteiger partial charge in [-0.15, -0.1) is 0 Å². The van der Waals surface area contributed by atoms with Crippen LogP contribution in [-0.4, -0.2) is 24.7 Å². The zero-order valence-corrected chi connectivity index (χ0v) is 9.02. The lowest BCUT2D eigenvalue weighted by atomic mass is 9.77. The van der Waals surface area contributed by atoms with Crippen LogP contribution in [0.2, 0.25) is 0 Å². The van der Waals surface area contributed by atoms with Crippen molar-refractivity contribution in [1.82, 2.24) is 4.98 Å². The van der Waals surface area contributed by atoms with E-state index in [2.05, 4.69) is 17.1 Å². The van der Waals surface area contributed by atoms with Crippen LogP contribution in [0.3, 0.4) is 0 Å². The number of aromatic nitrogens is 1. The molecule has 1 saturated heterocycles. The third-order valence-electron chi connectivity index (χ3n) is 3.37. The third kappa shape index (κ3) is 1.25. The fraction of sp³-hybridized carbons (Fsp3) is 0.308. The van der Waals surface area contributed by atoms with Crippen LogP contribution in [0.1, 0.15) is 5.56 Å². The summed E-state index contributed by atoms with van der Waals surface area (Å²) in [5.74, 6) is 0. The number of fused-ring (bicyclic) bond motifs is 1. The van der Waals surface area contributed by atoms with Crippen molar-refractivity contribution in [3.63, 3.8) is 0 Å². The maximum absolute atomic E-state index is 5.89. The van der Waals surface area contributed by atoms with Gasteiger partial charge in [0.1, 0.15) is 0 Å². The number of nitrogens with two attached hydrogens (primary N) is 1. The van der Waals surface area contributed by atoms with Crippen molar-refractivity contribution in [2.45, 2.75) is 5.41 Å². The van der Waals surface area contributed by atoms with Crippen molar-refractivity contribution in [2.24, 2.45) is 5.73 Å². The molecule has 1 aromatic heterocycles. The minimum atomic E-state index is 0.00252. The Hall–Kier alpha value is -1.45. The molecule has 0 bridgehead atoms. The van der Waals surface area contributed by atoms with Gasteiger partial charge in [-0.25, -0.2) is 0 Å². The van der Waals surface area contributed by atoms with E-state index in [1.165, 1.54) is 10.9 Å². The number of pyridine rings is 1. The quantitative estimate of drug-likeness (QED) is 0.823. The highest BCUT2D eigenvalue weighted by Gasteiger charge is 2.40. The molecule has 0 radical (unpaired) electrons. The second-order valence-electron chi connectivity index (χ2n) is 4.35. The van der Waals surface area contributed by atoms with Crippen LogP contribution in [0.15, 0.2) is 36.5 Å². The van der Waals surface area contributed by atoms with Gasteiger partial charge in [0, 0.05) is 18.1 Å². The molecule has 0 saturated carbocycles. The van der Waals surface area contributed by atoms with Crippen LogP contribution in [0.25, 0.3) is 10.9 Å². The zero-order chi connectivity index (χ0) is 11.0. The van der Waals surface area contributed by atoms with Crippen LogP contribution >= 0.6 is 0 Å². The SMILES string of the molecule is NCC1(c2ccnc3ccccc23)COC1. The molecule has 0 spiro atoms. The van der Waals surface area contributed by atoms with Crippen LogP contribution in [0.5, 0.6) is 0 Å². The van der Waals surface area contributed by atoms with E-state index >= 15 is 0 Å². The van der Waals surface area contributed by atoms with Gasteiger partial charge in [-0.1, -0.05) is 18.2 Å².